The number of aliphatic hydroxyl groups excluding tert-OH is 1. The summed E-state index contributed by atoms with van der Waals surface area (Å²) in [6, 6.07) is 0. The molecule has 0 aromatic carbocycles. The minimum absolute atomic E-state index is 0.148. The van der Waals surface area contributed by atoms with E-state index in [2.05, 4.69) is 12.2 Å². The van der Waals surface area contributed by atoms with Crippen LogP contribution in [0.2, 0.25) is 0 Å². The van der Waals surface area contributed by atoms with E-state index in [1.165, 1.54) is 64.2 Å². The molecule has 1 aliphatic heterocycles. The van der Waals surface area contributed by atoms with E-state index in [1.54, 1.807) is 0 Å². The number of imide groups is 1. The second-order valence-electron chi connectivity index (χ2n) is 7.00. The van der Waals surface area contributed by atoms with Crippen LogP contribution in [0.4, 0.5) is 0 Å². The summed E-state index contributed by atoms with van der Waals surface area (Å²) in [5.41, 5.74) is 0. The van der Waals surface area contributed by atoms with Crippen molar-refractivity contribution in [3.05, 3.63) is 0 Å². The fourth-order valence-corrected chi connectivity index (χ4v) is 2.81. The van der Waals surface area contributed by atoms with Crippen molar-refractivity contribution in [2.75, 3.05) is 0 Å². The van der Waals surface area contributed by atoms with Gasteiger partial charge in [0.05, 0.1) is 0 Å². The number of carboxylic acid groups (broad SMARTS) is 1. The van der Waals surface area contributed by atoms with Crippen LogP contribution in [0, 0.1) is 0 Å². The van der Waals surface area contributed by atoms with E-state index >= 15 is 0 Å². The molecule has 0 saturated carbocycles. The number of unbranched alkanes of at least 4 members (excludes halogenated alkanes) is 11. The van der Waals surface area contributed by atoms with Gasteiger partial charge in [0.15, 0.2) is 6.10 Å². The van der Waals surface area contributed by atoms with Gasteiger partial charge in [-0.2, -0.15) is 0 Å². The molecule has 3 N–H and O–H groups in total. The van der Waals surface area contributed by atoms with Crippen LogP contribution in [0.3, 0.4) is 0 Å². The lowest BCUT2D eigenvalue weighted by atomic mass is 10.0. The van der Waals surface area contributed by atoms with Gasteiger partial charge in [0.2, 0.25) is 11.8 Å². The highest BCUT2D eigenvalue weighted by atomic mass is 16.4. The molecule has 0 radical (unpaired) electrons. The normalized spacial score (nSPS) is 14.5. The van der Waals surface area contributed by atoms with E-state index in [0.717, 1.165) is 12.8 Å². The Bertz CT molecular complexity index is 384. The Kier molecular flexibility index (Phi) is 16.1. The number of aliphatic carboxylic acids is 1. The van der Waals surface area contributed by atoms with Crippen molar-refractivity contribution in [2.24, 2.45) is 0 Å². The van der Waals surface area contributed by atoms with Crippen LogP contribution < -0.4 is 5.32 Å². The Morgan fingerprint density at radius 3 is 1.54 bits per heavy atom. The maximum absolute atomic E-state index is 10.4. The Hall–Kier alpha value is -1.43. The van der Waals surface area contributed by atoms with Crippen molar-refractivity contribution in [1.82, 2.24) is 5.32 Å². The zero-order valence-corrected chi connectivity index (χ0v) is 16.3. The van der Waals surface area contributed by atoms with Crippen LogP contribution in [-0.4, -0.2) is 34.1 Å². The number of aliphatic hydroxyl groups is 1. The predicted molar refractivity (Wildman–Crippen MR) is 102 cm³/mol. The molecule has 0 aromatic rings. The summed E-state index contributed by atoms with van der Waals surface area (Å²) in [4.78, 5) is 30.6. The highest BCUT2D eigenvalue weighted by molar-refractivity contribution is 6.01. The van der Waals surface area contributed by atoms with Gasteiger partial charge in [-0.05, 0) is 6.42 Å². The van der Waals surface area contributed by atoms with Crippen LogP contribution >= 0.6 is 0 Å². The number of amides is 2. The number of hydrogen-bond donors (Lipinski definition) is 3. The second-order valence-corrected chi connectivity index (χ2v) is 7.00. The molecule has 1 atom stereocenters. The number of hydrogen-bond acceptors (Lipinski definition) is 4. The molecule has 2 amide bonds. The number of rotatable bonds is 14. The lowest BCUT2D eigenvalue weighted by molar-refractivity contribution is -0.147. The third kappa shape index (κ3) is 16.1. The van der Waals surface area contributed by atoms with Gasteiger partial charge in [-0.3, -0.25) is 14.9 Å². The lowest BCUT2D eigenvalue weighted by Crippen LogP contribution is -2.18. The summed E-state index contributed by atoms with van der Waals surface area (Å²) in [5.74, 6) is -1.39. The van der Waals surface area contributed by atoms with Gasteiger partial charge in [0.25, 0.3) is 0 Å². The zero-order valence-electron chi connectivity index (χ0n) is 16.3. The van der Waals surface area contributed by atoms with Crippen LogP contribution in [0.1, 0.15) is 103 Å². The number of carbonyl (C=O) groups is 3. The molecule has 0 spiro atoms. The SMILES string of the molecule is CCCCCCCCCCCCCCC(O)C(=O)O.O=C1CCC(=O)N1. The first-order valence-electron chi connectivity index (χ1n) is 10.2. The molecule has 1 saturated heterocycles. The fourth-order valence-electron chi connectivity index (χ4n) is 2.81. The van der Waals surface area contributed by atoms with Crippen LogP contribution in [0.5, 0.6) is 0 Å². The molecule has 26 heavy (non-hydrogen) atoms. The van der Waals surface area contributed by atoms with Gasteiger partial charge in [-0.25, -0.2) is 4.79 Å². The third-order valence-electron chi connectivity index (χ3n) is 4.47. The number of nitrogens with one attached hydrogen (secondary N) is 1. The van der Waals surface area contributed by atoms with E-state index in [1.807, 2.05) is 0 Å². The molecule has 6 heteroatoms. The van der Waals surface area contributed by atoms with E-state index in [0.29, 0.717) is 19.3 Å². The Morgan fingerprint density at radius 1 is 0.846 bits per heavy atom. The average molecular weight is 372 g/mol. The highest BCUT2D eigenvalue weighted by Gasteiger charge is 2.15. The van der Waals surface area contributed by atoms with Crippen molar-refractivity contribution >= 4 is 17.8 Å². The highest BCUT2D eigenvalue weighted by Crippen LogP contribution is 2.13. The Labute approximate surface area is 157 Å². The van der Waals surface area contributed by atoms with E-state index in [4.69, 9.17) is 10.2 Å². The van der Waals surface area contributed by atoms with E-state index in [-0.39, 0.29) is 11.8 Å². The van der Waals surface area contributed by atoms with Crippen LogP contribution in [0.15, 0.2) is 0 Å². The third-order valence-corrected chi connectivity index (χ3v) is 4.47. The van der Waals surface area contributed by atoms with Gasteiger partial charge < -0.3 is 10.2 Å². The lowest BCUT2D eigenvalue weighted by Gasteiger charge is -2.05. The molecular formula is C20H37NO5. The minimum atomic E-state index is -1.16. The maximum Gasteiger partial charge on any atom is 0.332 e. The summed E-state index contributed by atoms with van der Waals surface area (Å²) in [6.45, 7) is 2.25. The van der Waals surface area contributed by atoms with Gasteiger partial charge in [0, 0.05) is 12.8 Å². The largest absolute Gasteiger partial charge is 0.479 e. The molecule has 1 rings (SSSR count). The molecule has 0 bridgehead atoms. The summed E-state index contributed by atoms with van der Waals surface area (Å²) < 4.78 is 0. The molecular weight excluding hydrogens is 334 g/mol. The van der Waals surface area contributed by atoms with E-state index < -0.39 is 12.1 Å². The minimum Gasteiger partial charge on any atom is -0.479 e. The smallest absolute Gasteiger partial charge is 0.332 e. The quantitative estimate of drug-likeness (QED) is 0.317. The fraction of sp³-hybridized carbons (Fsp3) is 0.850. The molecule has 1 aliphatic rings. The molecule has 152 valence electrons. The van der Waals surface area contributed by atoms with E-state index in [9.17, 15) is 14.4 Å². The number of carbonyl (C=O) groups excluding carboxylic acids is 2. The molecule has 1 unspecified atom stereocenters. The van der Waals surface area contributed by atoms with Gasteiger partial charge in [0.1, 0.15) is 0 Å². The maximum atomic E-state index is 10.4. The summed E-state index contributed by atoms with van der Waals surface area (Å²) in [5, 5.41) is 19.7. The van der Waals surface area contributed by atoms with Crippen molar-refractivity contribution in [3.8, 4) is 0 Å². The average Bonchev–Trinajstić information content (AvgIpc) is 2.99. The van der Waals surface area contributed by atoms with Gasteiger partial charge in [-0.1, -0.05) is 84.0 Å². The monoisotopic (exact) mass is 371 g/mol. The van der Waals surface area contributed by atoms with Crippen molar-refractivity contribution in [3.63, 3.8) is 0 Å². The zero-order chi connectivity index (χ0) is 19.6. The Morgan fingerprint density at radius 2 is 1.23 bits per heavy atom. The first-order valence-corrected chi connectivity index (χ1v) is 10.2. The number of carboxylic acids is 1. The molecule has 0 aromatic heterocycles. The molecule has 1 heterocycles. The summed E-state index contributed by atoms with van der Waals surface area (Å²) in [6.07, 6.45) is 15.1. The van der Waals surface area contributed by atoms with Crippen LogP contribution in [-0.2, 0) is 14.4 Å². The summed E-state index contributed by atoms with van der Waals surface area (Å²) in [7, 11) is 0. The van der Waals surface area contributed by atoms with Crippen LogP contribution in [0.25, 0.3) is 0 Å². The molecule has 0 aliphatic carbocycles. The van der Waals surface area contributed by atoms with Gasteiger partial charge >= 0.3 is 5.97 Å². The predicted octanol–water partition coefficient (Wildman–Crippen LogP) is 3.95. The molecule has 1 fully saturated rings. The topological polar surface area (TPSA) is 104 Å². The van der Waals surface area contributed by atoms with Crippen molar-refractivity contribution < 1.29 is 24.6 Å². The van der Waals surface area contributed by atoms with Gasteiger partial charge in [-0.15, -0.1) is 0 Å². The molecule has 6 nitrogen and oxygen atoms in total. The second kappa shape index (κ2) is 17.0. The summed E-state index contributed by atoms with van der Waals surface area (Å²) >= 11 is 0. The standard InChI is InChI=1S/C16H32O3.C4H5NO2/c1-2-3-4-5-6-7-8-9-10-11-12-13-14-15(17)16(18)19;6-3-1-2-4(7)5-3/h15,17H,2-14H2,1H3,(H,18,19);1-2H2,(H,5,6,7). The van der Waals surface area contributed by atoms with Crippen molar-refractivity contribution in [2.45, 2.75) is 109 Å². The first-order chi connectivity index (χ1) is 12.5. The Balaban J connectivity index is 0.000000735. The van der Waals surface area contributed by atoms with Crippen molar-refractivity contribution in [1.29, 1.82) is 0 Å². The first kappa shape index (κ1) is 24.6.